The third kappa shape index (κ3) is 6.12. The predicted octanol–water partition coefficient (Wildman–Crippen LogP) is 3.01. The van der Waals surface area contributed by atoms with Crippen LogP contribution >= 0.6 is 0 Å². The molecule has 11 heteroatoms. The minimum atomic E-state index is -0.513. The molecule has 0 radical (unpaired) electrons. The lowest BCUT2D eigenvalue weighted by Crippen LogP contribution is -2.56. The maximum absolute atomic E-state index is 12.6. The zero-order valence-corrected chi connectivity index (χ0v) is 20.6. The molecule has 1 aliphatic rings. The number of nitrogens with zero attached hydrogens (tertiary/aromatic N) is 9. The Morgan fingerprint density at radius 2 is 1.73 bits per heavy atom. The Balaban J connectivity index is 1.22. The van der Waals surface area contributed by atoms with Crippen molar-refractivity contribution in [3.8, 4) is 5.82 Å². The van der Waals surface area contributed by atoms with E-state index < -0.39 is 6.67 Å². The molecule has 0 spiro atoms. The first-order chi connectivity index (χ1) is 18.2. The first-order valence-electron chi connectivity index (χ1n) is 12.1. The summed E-state index contributed by atoms with van der Waals surface area (Å²) in [5, 5.41) is 0. The summed E-state index contributed by atoms with van der Waals surface area (Å²) in [6.45, 7) is 3.88. The van der Waals surface area contributed by atoms with E-state index in [2.05, 4.69) is 39.7 Å². The minimum Gasteiger partial charge on any atom is -0.377 e. The lowest BCUT2D eigenvalue weighted by molar-refractivity contribution is 0.104. The van der Waals surface area contributed by atoms with Crippen molar-refractivity contribution in [2.45, 2.75) is 13.0 Å². The molecule has 0 amide bonds. The Bertz CT molecular complexity index is 1300. The molecule has 4 aromatic heterocycles. The maximum Gasteiger partial charge on any atom is 0.225 e. The van der Waals surface area contributed by atoms with Gasteiger partial charge in [0.05, 0.1) is 24.9 Å². The highest BCUT2D eigenvalue weighted by Crippen LogP contribution is 2.20. The number of piperazine rings is 1. The number of hydrogen-bond acceptors (Lipinski definition) is 9. The molecule has 1 fully saturated rings. The highest BCUT2D eigenvalue weighted by atomic mass is 19.1. The molecule has 1 aliphatic heterocycles. The summed E-state index contributed by atoms with van der Waals surface area (Å²) in [7, 11) is 0. The largest absolute Gasteiger partial charge is 0.377 e. The lowest BCUT2D eigenvalue weighted by Gasteiger charge is -2.41. The van der Waals surface area contributed by atoms with Crippen molar-refractivity contribution in [3.05, 3.63) is 78.5 Å². The molecule has 190 valence electrons. The number of rotatable bonds is 9. The van der Waals surface area contributed by atoms with Gasteiger partial charge in [-0.15, -0.1) is 0 Å². The number of aryl methyl sites for hydroxylation is 1. The fourth-order valence-corrected chi connectivity index (χ4v) is 4.12. The molecule has 37 heavy (non-hydrogen) atoms. The number of alkyl halides is 1. The van der Waals surface area contributed by atoms with Gasteiger partial charge in [0, 0.05) is 62.4 Å². The van der Waals surface area contributed by atoms with Crippen molar-refractivity contribution < 1.29 is 9.13 Å². The zero-order chi connectivity index (χ0) is 25.5. The Kier molecular flexibility index (Phi) is 7.70. The second-order valence-corrected chi connectivity index (χ2v) is 8.63. The van der Waals surface area contributed by atoms with E-state index in [1.807, 2.05) is 48.2 Å². The van der Waals surface area contributed by atoms with Gasteiger partial charge in [-0.05, 0) is 30.7 Å². The number of pyridine rings is 1. The van der Waals surface area contributed by atoms with Crippen LogP contribution in [0, 0.1) is 6.92 Å². The molecular formula is C26H28FN9O. The van der Waals surface area contributed by atoms with Gasteiger partial charge in [-0.1, -0.05) is 12.2 Å². The normalized spacial score (nSPS) is 16.0. The average Bonchev–Trinajstić information content (AvgIpc) is 3.39. The van der Waals surface area contributed by atoms with Crippen molar-refractivity contribution in [2.24, 2.45) is 0 Å². The fourth-order valence-electron chi connectivity index (χ4n) is 4.12. The molecule has 1 saturated heterocycles. The van der Waals surface area contributed by atoms with Gasteiger partial charge in [-0.3, -0.25) is 4.57 Å². The molecule has 0 unspecified atom stereocenters. The Hall–Kier alpha value is -4.25. The second-order valence-electron chi connectivity index (χ2n) is 8.63. The number of imidazole rings is 1. The van der Waals surface area contributed by atoms with Gasteiger partial charge in [0.1, 0.15) is 18.8 Å². The summed E-state index contributed by atoms with van der Waals surface area (Å²) in [5.41, 5.74) is 2.80. The van der Waals surface area contributed by atoms with Crippen molar-refractivity contribution in [3.63, 3.8) is 0 Å². The molecular weight excluding hydrogens is 473 g/mol. The van der Waals surface area contributed by atoms with E-state index in [1.165, 1.54) is 0 Å². The number of halogens is 1. The summed E-state index contributed by atoms with van der Waals surface area (Å²) in [6, 6.07) is 5.69. The Morgan fingerprint density at radius 1 is 0.946 bits per heavy atom. The van der Waals surface area contributed by atoms with Gasteiger partial charge in [-0.25, -0.2) is 34.3 Å². The summed E-state index contributed by atoms with van der Waals surface area (Å²) >= 11 is 0. The molecule has 5 heterocycles. The van der Waals surface area contributed by atoms with Crippen LogP contribution in [0.3, 0.4) is 0 Å². The number of ether oxygens (including phenoxy) is 1. The van der Waals surface area contributed by atoms with Crippen molar-refractivity contribution >= 4 is 24.0 Å². The van der Waals surface area contributed by atoms with Crippen LogP contribution < -0.4 is 9.80 Å². The van der Waals surface area contributed by atoms with Crippen LogP contribution in [0.5, 0.6) is 0 Å². The van der Waals surface area contributed by atoms with Gasteiger partial charge in [0.15, 0.2) is 0 Å². The molecule has 0 N–H and O–H groups in total. The lowest BCUT2D eigenvalue weighted by atomic mass is 10.2. The first kappa shape index (κ1) is 24.4. The van der Waals surface area contributed by atoms with Gasteiger partial charge in [0.25, 0.3) is 0 Å². The van der Waals surface area contributed by atoms with Gasteiger partial charge < -0.3 is 14.5 Å². The summed E-state index contributed by atoms with van der Waals surface area (Å²) < 4.78 is 20.0. The van der Waals surface area contributed by atoms with E-state index in [9.17, 15) is 4.39 Å². The summed E-state index contributed by atoms with van der Waals surface area (Å²) in [4.78, 5) is 30.9. The topological polar surface area (TPSA) is 98.0 Å². The highest BCUT2D eigenvalue weighted by molar-refractivity contribution is 5.68. The number of hydrogen-bond donors (Lipinski definition) is 0. The van der Waals surface area contributed by atoms with Crippen molar-refractivity contribution in [1.29, 1.82) is 0 Å². The number of aromatic nitrogens is 7. The van der Waals surface area contributed by atoms with Crippen LogP contribution in [-0.2, 0) is 4.74 Å². The van der Waals surface area contributed by atoms with Gasteiger partial charge in [-0.2, -0.15) is 0 Å². The van der Waals surface area contributed by atoms with Gasteiger partial charge in [0.2, 0.25) is 11.9 Å². The third-order valence-corrected chi connectivity index (χ3v) is 5.98. The van der Waals surface area contributed by atoms with Crippen molar-refractivity contribution in [1.82, 2.24) is 34.5 Å². The SMILES string of the molecule is Cc1cn(-c2ccc(/C=C/c3cnc(N4CCN(c5ncccn5)[C@@H](COCCF)C4)nc3)cn2)cn1. The van der Waals surface area contributed by atoms with Crippen LogP contribution in [0.1, 0.15) is 16.8 Å². The van der Waals surface area contributed by atoms with Crippen LogP contribution in [0.2, 0.25) is 0 Å². The molecule has 0 saturated carbocycles. The van der Waals surface area contributed by atoms with Crippen LogP contribution in [0.15, 0.2) is 61.7 Å². The molecule has 5 rings (SSSR count). The van der Waals surface area contributed by atoms with E-state index in [0.29, 0.717) is 38.1 Å². The average molecular weight is 502 g/mol. The fraction of sp³-hybridized carbons (Fsp3) is 0.308. The minimum absolute atomic E-state index is 0.0485. The smallest absolute Gasteiger partial charge is 0.225 e. The first-order valence-corrected chi connectivity index (χ1v) is 12.1. The third-order valence-electron chi connectivity index (χ3n) is 5.98. The highest BCUT2D eigenvalue weighted by Gasteiger charge is 2.30. The summed E-state index contributed by atoms with van der Waals surface area (Å²) in [5.74, 6) is 2.10. The van der Waals surface area contributed by atoms with Gasteiger partial charge >= 0.3 is 0 Å². The van der Waals surface area contributed by atoms with Crippen molar-refractivity contribution in [2.75, 3.05) is 49.3 Å². The second kappa shape index (κ2) is 11.7. The molecule has 0 aromatic carbocycles. The van der Waals surface area contributed by atoms with Crippen LogP contribution in [0.25, 0.3) is 18.0 Å². The van der Waals surface area contributed by atoms with E-state index in [4.69, 9.17) is 4.74 Å². The van der Waals surface area contributed by atoms with E-state index in [1.54, 1.807) is 37.2 Å². The molecule has 0 aliphatic carbocycles. The van der Waals surface area contributed by atoms with Crippen LogP contribution in [0.4, 0.5) is 16.3 Å². The predicted molar refractivity (Wildman–Crippen MR) is 139 cm³/mol. The van der Waals surface area contributed by atoms with E-state index in [0.717, 1.165) is 22.6 Å². The standard InChI is InChI=1S/C26H28FN9O/c1-20-16-35(19-33-20)24-6-5-21(13-30-24)3-4-22-14-31-25(32-15-22)34-10-11-36(26-28-8-2-9-29-26)23(17-34)18-37-12-7-27/h2-6,8-9,13-16,19,23H,7,10-12,17-18H2,1H3/b4-3+/t23-/m1/s1. The molecule has 10 nitrogen and oxygen atoms in total. The Morgan fingerprint density at radius 3 is 2.43 bits per heavy atom. The van der Waals surface area contributed by atoms with Crippen LogP contribution in [-0.4, -0.2) is 80.0 Å². The quantitative estimate of drug-likeness (QED) is 0.321. The molecule has 1 atom stereocenters. The summed E-state index contributed by atoms with van der Waals surface area (Å²) in [6.07, 6.45) is 16.5. The number of anilines is 2. The maximum atomic E-state index is 12.6. The van der Waals surface area contributed by atoms with E-state index >= 15 is 0 Å². The molecule has 4 aromatic rings. The molecule has 0 bridgehead atoms. The zero-order valence-electron chi connectivity index (χ0n) is 20.6. The van der Waals surface area contributed by atoms with E-state index in [-0.39, 0.29) is 12.6 Å². The Labute approximate surface area is 214 Å². The monoisotopic (exact) mass is 501 g/mol.